The molecule has 0 aliphatic carbocycles. The average Bonchev–Trinajstić information content (AvgIpc) is 3.37. The van der Waals surface area contributed by atoms with Gasteiger partial charge >= 0.3 is 5.69 Å². The van der Waals surface area contributed by atoms with Crippen LogP contribution in [0.5, 0.6) is 0 Å². The van der Waals surface area contributed by atoms with Gasteiger partial charge in [-0.1, -0.05) is 37.6 Å². The van der Waals surface area contributed by atoms with Crippen LogP contribution in [-0.4, -0.2) is 34.7 Å². The minimum Gasteiger partial charge on any atom is -0.302 e. The number of aromatic amines is 1. The van der Waals surface area contributed by atoms with E-state index in [2.05, 4.69) is 56.8 Å². The van der Waals surface area contributed by atoms with Crippen molar-refractivity contribution in [3.05, 3.63) is 70.7 Å². The number of tetrazole rings is 1. The Morgan fingerprint density at radius 3 is 2.66 bits per heavy atom. The normalized spacial score (nSPS) is 11.1. The second kappa shape index (κ2) is 8.22. The summed E-state index contributed by atoms with van der Waals surface area (Å²) in [5, 5.41) is 14.1. The van der Waals surface area contributed by atoms with Gasteiger partial charge in [0.05, 0.1) is 6.54 Å². The number of aryl methyl sites for hydroxylation is 2. The Labute approximate surface area is 168 Å². The third-order valence-corrected chi connectivity index (χ3v) is 5.04. The fraction of sp³-hybridized carbons (Fsp3) is 0.286. The van der Waals surface area contributed by atoms with E-state index < -0.39 is 0 Å². The van der Waals surface area contributed by atoms with Gasteiger partial charge in [-0.15, -0.1) is 5.10 Å². The molecule has 3 heterocycles. The van der Waals surface area contributed by atoms with E-state index in [4.69, 9.17) is 0 Å². The van der Waals surface area contributed by atoms with Crippen LogP contribution in [0.2, 0.25) is 0 Å². The highest BCUT2D eigenvalue weighted by Gasteiger charge is 2.12. The highest BCUT2D eigenvalue weighted by Crippen LogP contribution is 2.29. The Bertz CT molecular complexity index is 1140. The lowest BCUT2D eigenvalue weighted by Gasteiger charge is -2.10. The number of aromatic nitrogens is 7. The lowest BCUT2D eigenvalue weighted by atomic mass is 10.00. The molecule has 1 aromatic carbocycles. The third-order valence-electron chi connectivity index (χ3n) is 5.04. The largest absolute Gasteiger partial charge is 0.328 e. The van der Waals surface area contributed by atoms with Crippen LogP contribution >= 0.6 is 0 Å². The molecule has 0 atom stereocenters. The Balaban J connectivity index is 1.62. The number of hydrogen-bond acceptors (Lipinski definition) is 5. The summed E-state index contributed by atoms with van der Waals surface area (Å²) in [5.74, 6) is 0.577. The zero-order valence-electron chi connectivity index (χ0n) is 16.5. The van der Waals surface area contributed by atoms with Gasteiger partial charge in [-0.05, 0) is 46.0 Å². The molecule has 3 aromatic heterocycles. The summed E-state index contributed by atoms with van der Waals surface area (Å²) < 4.78 is 3.52. The number of nitrogens with one attached hydrogen (secondary N) is 1. The van der Waals surface area contributed by atoms with Crippen molar-refractivity contribution in [2.24, 2.45) is 7.05 Å². The first-order valence-corrected chi connectivity index (χ1v) is 9.70. The SMILES string of the molecule is CCCCc1cn(C)c(=O)n1Cc1ccc(-c2ccncc2-c2nnn[nH]2)cc1. The standard InChI is InChI=1S/C21H23N7O/c1-3-4-5-17-14-27(2)21(29)28(17)13-15-6-8-16(9-7-15)18-10-11-22-12-19(18)20-23-25-26-24-20/h6-12,14H,3-5,13H2,1-2H3,(H,23,24,25,26). The van der Waals surface area contributed by atoms with E-state index in [-0.39, 0.29) is 5.69 Å². The summed E-state index contributed by atoms with van der Waals surface area (Å²) in [7, 11) is 1.81. The van der Waals surface area contributed by atoms with E-state index in [0.717, 1.165) is 47.2 Å². The summed E-state index contributed by atoms with van der Waals surface area (Å²) in [6, 6.07) is 10.2. The molecule has 29 heavy (non-hydrogen) atoms. The van der Waals surface area contributed by atoms with Gasteiger partial charge in [-0.2, -0.15) is 0 Å². The molecule has 0 saturated carbocycles. The molecule has 8 nitrogen and oxygen atoms in total. The second-order valence-corrected chi connectivity index (χ2v) is 7.07. The van der Waals surface area contributed by atoms with Crippen LogP contribution in [0.1, 0.15) is 31.0 Å². The zero-order chi connectivity index (χ0) is 20.2. The first kappa shape index (κ1) is 18.8. The number of imidazole rings is 1. The third kappa shape index (κ3) is 3.87. The van der Waals surface area contributed by atoms with Crippen LogP contribution in [0.4, 0.5) is 0 Å². The molecule has 4 aromatic rings. The Hall–Kier alpha value is -3.55. The molecule has 0 bridgehead atoms. The molecule has 0 amide bonds. The minimum atomic E-state index is 0.0226. The van der Waals surface area contributed by atoms with Crippen LogP contribution < -0.4 is 5.69 Å². The first-order valence-electron chi connectivity index (χ1n) is 9.70. The monoisotopic (exact) mass is 389 g/mol. The fourth-order valence-corrected chi connectivity index (χ4v) is 3.47. The van der Waals surface area contributed by atoms with Crippen molar-refractivity contribution >= 4 is 0 Å². The Kier molecular flexibility index (Phi) is 5.33. The van der Waals surface area contributed by atoms with Gasteiger partial charge in [0.25, 0.3) is 0 Å². The predicted octanol–water partition coefficient (Wildman–Crippen LogP) is 2.82. The predicted molar refractivity (Wildman–Crippen MR) is 110 cm³/mol. The van der Waals surface area contributed by atoms with Gasteiger partial charge < -0.3 is 4.57 Å². The average molecular weight is 389 g/mol. The van der Waals surface area contributed by atoms with Crippen molar-refractivity contribution < 1.29 is 0 Å². The quantitative estimate of drug-likeness (QED) is 0.524. The van der Waals surface area contributed by atoms with Gasteiger partial charge in [0, 0.05) is 36.9 Å². The molecule has 0 spiro atoms. The van der Waals surface area contributed by atoms with Crippen LogP contribution in [-0.2, 0) is 20.0 Å². The topological polar surface area (TPSA) is 94.3 Å². The van der Waals surface area contributed by atoms with E-state index in [1.165, 1.54) is 0 Å². The van der Waals surface area contributed by atoms with E-state index >= 15 is 0 Å². The lowest BCUT2D eigenvalue weighted by Crippen LogP contribution is -2.23. The maximum atomic E-state index is 12.5. The van der Waals surface area contributed by atoms with Crippen molar-refractivity contribution in [2.75, 3.05) is 0 Å². The van der Waals surface area contributed by atoms with Crippen molar-refractivity contribution in [2.45, 2.75) is 32.7 Å². The van der Waals surface area contributed by atoms with Gasteiger partial charge in [0.1, 0.15) is 0 Å². The zero-order valence-corrected chi connectivity index (χ0v) is 16.5. The van der Waals surface area contributed by atoms with E-state index in [9.17, 15) is 4.79 Å². The van der Waals surface area contributed by atoms with Crippen molar-refractivity contribution in [3.63, 3.8) is 0 Å². The van der Waals surface area contributed by atoms with Crippen LogP contribution in [0, 0.1) is 0 Å². The molecule has 0 saturated heterocycles. The maximum absolute atomic E-state index is 12.5. The minimum absolute atomic E-state index is 0.0226. The van der Waals surface area contributed by atoms with Crippen LogP contribution in [0.3, 0.4) is 0 Å². The molecule has 148 valence electrons. The maximum Gasteiger partial charge on any atom is 0.328 e. The molecule has 4 rings (SSSR count). The Morgan fingerprint density at radius 2 is 1.93 bits per heavy atom. The molecule has 8 heteroatoms. The number of hydrogen-bond donors (Lipinski definition) is 1. The number of pyridine rings is 1. The highest BCUT2D eigenvalue weighted by molar-refractivity contribution is 5.79. The molecule has 0 unspecified atom stereocenters. The Morgan fingerprint density at radius 1 is 1.10 bits per heavy atom. The van der Waals surface area contributed by atoms with Crippen LogP contribution in [0.25, 0.3) is 22.5 Å². The number of rotatable bonds is 7. The smallest absolute Gasteiger partial charge is 0.302 e. The van der Waals surface area contributed by atoms with Crippen molar-refractivity contribution in [1.82, 2.24) is 34.7 Å². The molecule has 0 aliphatic heterocycles. The van der Waals surface area contributed by atoms with Gasteiger partial charge in [0.15, 0.2) is 5.82 Å². The lowest BCUT2D eigenvalue weighted by molar-refractivity contribution is 0.667. The highest BCUT2D eigenvalue weighted by atomic mass is 16.1. The summed E-state index contributed by atoms with van der Waals surface area (Å²) in [6.45, 7) is 2.72. The number of nitrogens with zero attached hydrogens (tertiary/aromatic N) is 6. The molecule has 0 fully saturated rings. The van der Waals surface area contributed by atoms with E-state index in [0.29, 0.717) is 12.4 Å². The van der Waals surface area contributed by atoms with E-state index in [1.54, 1.807) is 24.0 Å². The van der Waals surface area contributed by atoms with E-state index in [1.807, 2.05) is 16.8 Å². The first-order chi connectivity index (χ1) is 14.2. The molecular formula is C21H23N7O. The molecule has 0 radical (unpaired) electrons. The summed E-state index contributed by atoms with van der Waals surface area (Å²) >= 11 is 0. The van der Waals surface area contributed by atoms with Crippen molar-refractivity contribution in [1.29, 1.82) is 0 Å². The number of unbranched alkanes of at least 4 members (excludes halogenated alkanes) is 1. The summed E-state index contributed by atoms with van der Waals surface area (Å²) in [4.78, 5) is 16.7. The summed E-state index contributed by atoms with van der Waals surface area (Å²) in [6.07, 6.45) is 8.53. The summed E-state index contributed by atoms with van der Waals surface area (Å²) in [5.41, 5.74) is 5.05. The second-order valence-electron chi connectivity index (χ2n) is 7.07. The fourth-order valence-electron chi connectivity index (χ4n) is 3.47. The molecule has 0 aliphatic rings. The van der Waals surface area contributed by atoms with Crippen LogP contribution in [0.15, 0.2) is 53.7 Å². The van der Waals surface area contributed by atoms with Gasteiger partial charge in [-0.3, -0.25) is 9.55 Å². The molecular weight excluding hydrogens is 366 g/mol. The number of H-pyrrole nitrogens is 1. The van der Waals surface area contributed by atoms with Crippen molar-refractivity contribution in [3.8, 4) is 22.5 Å². The van der Waals surface area contributed by atoms with Gasteiger partial charge in [-0.25, -0.2) is 9.89 Å². The van der Waals surface area contributed by atoms with Gasteiger partial charge in [0.2, 0.25) is 0 Å². The number of benzene rings is 1. The molecule has 1 N–H and O–H groups in total.